The molecular weight excluding hydrogens is 438 g/mol. The second-order valence-corrected chi connectivity index (χ2v) is 8.65. The van der Waals surface area contributed by atoms with Crippen LogP contribution in [0.4, 0.5) is 0 Å². The molecule has 174 valence electrons. The molecule has 0 aliphatic heterocycles. The van der Waals surface area contributed by atoms with Gasteiger partial charge in [-0.1, -0.05) is 42.5 Å². The number of amidine groups is 2. The third-order valence-electron chi connectivity index (χ3n) is 6.21. The van der Waals surface area contributed by atoms with Gasteiger partial charge in [0.2, 0.25) is 0 Å². The molecule has 3 aromatic carbocycles. The van der Waals surface area contributed by atoms with Crippen molar-refractivity contribution in [1.29, 1.82) is 10.8 Å². The fourth-order valence-electron chi connectivity index (χ4n) is 4.39. The Bertz CT molecular complexity index is 1690. The Balaban J connectivity index is 1.54. The van der Waals surface area contributed by atoms with E-state index in [1.807, 2.05) is 66.1 Å². The second-order valence-electron chi connectivity index (χ2n) is 8.65. The number of benzene rings is 3. The molecule has 8 nitrogen and oxygen atoms in total. The van der Waals surface area contributed by atoms with E-state index in [1.165, 1.54) is 0 Å². The minimum Gasteiger partial charge on any atom is -0.384 e. The van der Waals surface area contributed by atoms with Gasteiger partial charge >= 0.3 is 0 Å². The maximum atomic E-state index is 13.5. The van der Waals surface area contributed by atoms with Crippen LogP contribution in [0.1, 0.15) is 28.1 Å². The van der Waals surface area contributed by atoms with E-state index in [1.54, 1.807) is 16.8 Å². The molecule has 0 aliphatic carbocycles. The first-order chi connectivity index (χ1) is 16.8. The maximum Gasteiger partial charge on any atom is 0.277 e. The summed E-state index contributed by atoms with van der Waals surface area (Å²) in [5.74, 6) is 0.781. The smallest absolute Gasteiger partial charge is 0.277 e. The van der Waals surface area contributed by atoms with Crippen LogP contribution in [0.3, 0.4) is 0 Å². The number of pyridine rings is 1. The van der Waals surface area contributed by atoms with Crippen LogP contribution in [-0.2, 0) is 13.1 Å². The number of aryl methyl sites for hydroxylation is 1. The van der Waals surface area contributed by atoms with Crippen LogP contribution in [0.15, 0.2) is 77.7 Å². The van der Waals surface area contributed by atoms with E-state index in [0.29, 0.717) is 35.2 Å². The normalized spacial score (nSPS) is 11.2. The van der Waals surface area contributed by atoms with Gasteiger partial charge in [-0.3, -0.25) is 15.6 Å². The lowest BCUT2D eigenvalue weighted by atomic mass is 10.0. The fourth-order valence-corrected chi connectivity index (χ4v) is 4.39. The Kier molecular flexibility index (Phi) is 5.41. The number of nitrogens with one attached hydrogen (secondary N) is 2. The van der Waals surface area contributed by atoms with Crippen LogP contribution >= 0.6 is 0 Å². The van der Waals surface area contributed by atoms with Gasteiger partial charge in [-0.25, -0.2) is 4.98 Å². The van der Waals surface area contributed by atoms with E-state index in [9.17, 15) is 4.79 Å². The third kappa shape index (κ3) is 4.17. The van der Waals surface area contributed by atoms with Gasteiger partial charge in [-0.05, 0) is 53.1 Å². The molecule has 35 heavy (non-hydrogen) atoms. The quantitative estimate of drug-likeness (QED) is 0.226. The zero-order chi connectivity index (χ0) is 24.7. The molecule has 0 aliphatic rings. The van der Waals surface area contributed by atoms with E-state index in [-0.39, 0.29) is 17.2 Å². The largest absolute Gasteiger partial charge is 0.384 e. The molecule has 5 aromatic rings. The molecule has 0 spiro atoms. The Hall–Kier alpha value is -4.72. The monoisotopic (exact) mass is 463 g/mol. The van der Waals surface area contributed by atoms with Crippen LogP contribution in [0.5, 0.6) is 0 Å². The van der Waals surface area contributed by atoms with E-state index >= 15 is 0 Å². The molecule has 0 saturated heterocycles. The van der Waals surface area contributed by atoms with Gasteiger partial charge < -0.3 is 20.6 Å². The van der Waals surface area contributed by atoms with E-state index < -0.39 is 0 Å². The van der Waals surface area contributed by atoms with Crippen LogP contribution in [-0.4, -0.2) is 25.8 Å². The van der Waals surface area contributed by atoms with Crippen molar-refractivity contribution in [3.8, 4) is 0 Å². The summed E-state index contributed by atoms with van der Waals surface area (Å²) in [6.45, 7) is 2.75. The number of nitrogens with two attached hydrogens (primary N) is 2. The number of nitrogen functional groups attached to an aromatic ring is 2. The molecule has 0 bridgehead atoms. The lowest BCUT2D eigenvalue weighted by Crippen LogP contribution is -2.22. The van der Waals surface area contributed by atoms with Crippen molar-refractivity contribution < 1.29 is 0 Å². The Morgan fingerprint density at radius 3 is 2.34 bits per heavy atom. The molecule has 6 N–H and O–H groups in total. The van der Waals surface area contributed by atoms with Crippen LogP contribution in [0, 0.1) is 17.7 Å². The van der Waals surface area contributed by atoms with Gasteiger partial charge in [0.1, 0.15) is 23.0 Å². The lowest BCUT2D eigenvalue weighted by Gasteiger charge is -2.11. The predicted molar refractivity (Wildman–Crippen MR) is 139 cm³/mol. The Morgan fingerprint density at radius 2 is 1.57 bits per heavy atom. The van der Waals surface area contributed by atoms with E-state index in [2.05, 4.69) is 11.1 Å². The van der Waals surface area contributed by atoms with Gasteiger partial charge in [0.25, 0.3) is 5.56 Å². The first kappa shape index (κ1) is 22.1. The van der Waals surface area contributed by atoms with Crippen molar-refractivity contribution in [3.63, 3.8) is 0 Å². The third-order valence-corrected chi connectivity index (χ3v) is 6.21. The summed E-state index contributed by atoms with van der Waals surface area (Å²) in [7, 11) is 0. The molecule has 0 fully saturated rings. The van der Waals surface area contributed by atoms with Gasteiger partial charge in [0.05, 0.1) is 12.1 Å². The summed E-state index contributed by atoms with van der Waals surface area (Å²) < 4.78 is 3.59. The molecule has 8 heteroatoms. The molecule has 2 aromatic heterocycles. The Morgan fingerprint density at radius 1 is 0.857 bits per heavy atom. The topological polar surface area (TPSA) is 140 Å². The molecular formula is C27H25N7O. The number of fused-ring (bicyclic) bond motifs is 2. The minimum atomic E-state index is -0.129. The highest BCUT2D eigenvalue weighted by Gasteiger charge is 2.14. The SMILES string of the molecule is Cc1nc2ccn(Cc3cccc(C(=N)N)c3)c(=O)c2n1Cc1ccc2ccc(C(=N)N)cc2c1. The summed E-state index contributed by atoms with van der Waals surface area (Å²) in [5.41, 5.74) is 15.6. The van der Waals surface area contributed by atoms with Crippen LogP contribution in [0.2, 0.25) is 0 Å². The van der Waals surface area contributed by atoms with Crippen LogP contribution < -0.4 is 17.0 Å². The van der Waals surface area contributed by atoms with Crippen molar-refractivity contribution >= 4 is 33.5 Å². The zero-order valence-electron chi connectivity index (χ0n) is 19.2. The second kappa shape index (κ2) is 8.57. The summed E-state index contributed by atoms with van der Waals surface area (Å²) >= 11 is 0. The van der Waals surface area contributed by atoms with Crippen molar-refractivity contribution in [2.24, 2.45) is 11.5 Å². The van der Waals surface area contributed by atoms with Gasteiger partial charge in [-0.2, -0.15) is 0 Å². The first-order valence-electron chi connectivity index (χ1n) is 11.2. The number of nitrogens with zero attached hydrogens (tertiary/aromatic N) is 3. The van der Waals surface area contributed by atoms with E-state index in [0.717, 1.165) is 27.7 Å². The van der Waals surface area contributed by atoms with Gasteiger partial charge in [-0.15, -0.1) is 0 Å². The molecule has 0 amide bonds. The number of hydrogen-bond acceptors (Lipinski definition) is 4. The molecule has 2 heterocycles. The van der Waals surface area contributed by atoms with Crippen molar-refractivity contribution in [3.05, 3.63) is 111 Å². The molecule has 0 unspecified atom stereocenters. The molecule has 0 atom stereocenters. The first-order valence-corrected chi connectivity index (χ1v) is 11.2. The van der Waals surface area contributed by atoms with Crippen molar-refractivity contribution in [2.45, 2.75) is 20.0 Å². The number of imidazole rings is 1. The van der Waals surface area contributed by atoms with Gasteiger partial charge in [0.15, 0.2) is 0 Å². The van der Waals surface area contributed by atoms with E-state index in [4.69, 9.17) is 22.3 Å². The lowest BCUT2D eigenvalue weighted by molar-refractivity contribution is 0.743. The van der Waals surface area contributed by atoms with Crippen molar-refractivity contribution in [1.82, 2.24) is 14.1 Å². The minimum absolute atomic E-state index is 0.00541. The molecule has 0 radical (unpaired) electrons. The summed E-state index contributed by atoms with van der Waals surface area (Å²) in [4.78, 5) is 18.1. The number of aromatic nitrogens is 3. The summed E-state index contributed by atoms with van der Waals surface area (Å²) in [6, 6.07) is 21.0. The molecule has 5 rings (SSSR count). The highest BCUT2D eigenvalue weighted by atomic mass is 16.1. The highest BCUT2D eigenvalue weighted by Crippen LogP contribution is 2.21. The maximum absolute atomic E-state index is 13.5. The summed E-state index contributed by atoms with van der Waals surface area (Å²) in [5, 5.41) is 17.4. The van der Waals surface area contributed by atoms with Crippen molar-refractivity contribution in [2.75, 3.05) is 0 Å². The standard InChI is InChI=1S/C27H25N7O/c1-16-32-23-9-10-33(14-17-3-2-4-20(11-17)25(28)29)27(35)24(23)34(16)15-18-5-6-19-7-8-21(26(30)31)13-22(19)12-18/h2-13H,14-15H2,1H3,(H3,28,29)(H3,30,31). The number of hydrogen-bond donors (Lipinski definition) is 4. The highest BCUT2D eigenvalue weighted by molar-refractivity contribution is 5.99. The predicted octanol–water partition coefficient (Wildman–Crippen LogP) is 3.32. The zero-order valence-corrected chi connectivity index (χ0v) is 19.2. The van der Waals surface area contributed by atoms with Gasteiger partial charge in [0, 0.05) is 23.9 Å². The van der Waals surface area contributed by atoms with Crippen LogP contribution in [0.25, 0.3) is 21.8 Å². The average molecular weight is 464 g/mol. The Labute approximate surface area is 201 Å². The fraction of sp³-hybridized carbons (Fsp3) is 0.111. The number of rotatable bonds is 6. The molecule has 0 saturated carbocycles. The average Bonchev–Trinajstić information content (AvgIpc) is 3.16. The summed E-state index contributed by atoms with van der Waals surface area (Å²) in [6.07, 6.45) is 1.75.